The van der Waals surface area contributed by atoms with Crippen LogP contribution in [0.4, 0.5) is 4.39 Å². The molecule has 8 atom stereocenters. The van der Waals surface area contributed by atoms with Crippen LogP contribution < -0.4 is 16.0 Å². The van der Waals surface area contributed by atoms with E-state index in [4.69, 9.17) is 4.74 Å². The van der Waals surface area contributed by atoms with Gasteiger partial charge in [-0.2, -0.15) is 0 Å². The Labute approximate surface area is 338 Å². The Hall–Kier alpha value is -5.34. The SMILES string of the molecule is Cc1cccc(C[C@H](NC(=O)Cc2ccc(C)c(F)c2)C(=O)N[C@@H]2C(=O)N3CCC[C@H]3C(=O)N3CCCC[C@H]3C(=O)N[C@@H](C)C(=O)N3C[C@H](C)C[C@H]3C(=O)O[C@H]2C)c1. The molecule has 6 amide bonds. The molecule has 0 unspecified atom stereocenters. The number of nitrogens with zero attached hydrogens (tertiary/aromatic N) is 3. The average Bonchev–Trinajstić information content (AvgIpc) is 3.84. The fourth-order valence-corrected chi connectivity index (χ4v) is 8.68. The molecule has 0 aromatic heterocycles. The molecule has 15 heteroatoms. The molecule has 0 aliphatic carbocycles. The minimum atomic E-state index is -1.50. The van der Waals surface area contributed by atoms with Gasteiger partial charge in [0, 0.05) is 26.1 Å². The summed E-state index contributed by atoms with van der Waals surface area (Å²) in [4.78, 5) is 103. The molecule has 6 rings (SSSR count). The number of rotatable bonds is 7. The number of benzene rings is 2. The van der Waals surface area contributed by atoms with Crippen molar-refractivity contribution in [1.29, 1.82) is 0 Å². The van der Waals surface area contributed by atoms with Crippen LogP contribution in [-0.2, 0) is 51.1 Å². The molecule has 14 nitrogen and oxygen atoms in total. The first-order chi connectivity index (χ1) is 27.6. The van der Waals surface area contributed by atoms with Crippen LogP contribution in [-0.4, -0.2) is 118 Å². The normalized spacial score (nSPS) is 27.6. The number of hydrogen-bond donors (Lipinski definition) is 3. The molecule has 0 spiro atoms. The standard InChI is InChI=1S/C43H55FN6O8/c1-24-10-8-11-29(18-24)21-32(46-36(51)22-30-15-14-26(3)31(44)20-30)38(52)47-37-28(5)58-43(57)35-19-25(2)23-50(35)40(54)27(4)45-39(53)33-12-6-7-16-48(33)41(55)34-13-9-17-49(34)42(37)56/h8,10-11,14-15,18,20,25,27-28,32-35,37H,6-7,9,12-13,16-17,19,21-23H2,1-5H3,(H,45,53)(H,46,51)(H,47,52)/t25-,27+,28+,32+,33+,34+,35+,37+/m1/s1. The number of piperidine rings is 1. The molecular formula is C43H55FN6O8. The average molecular weight is 803 g/mol. The smallest absolute Gasteiger partial charge is 0.329 e. The molecular weight excluding hydrogens is 748 g/mol. The summed E-state index contributed by atoms with van der Waals surface area (Å²) >= 11 is 0. The lowest BCUT2D eigenvalue weighted by Crippen LogP contribution is -2.63. The molecule has 0 saturated carbocycles. The molecule has 4 fully saturated rings. The van der Waals surface area contributed by atoms with Crippen LogP contribution >= 0.6 is 0 Å². The van der Waals surface area contributed by atoms with Gasteiger partial charge in [0.15, 0.2) is 0 Å². The second-order valence-corrected chi connectivity index (χ2v) is 16.5. The highest BCUT2D eigenvalue weighted by molar-refractivity contribution is 5.98. The summed E-state index contributed by atoms with van der Waals surface area (Å²) in [5.74, 6) is -4.62. The number of aryl methyl sites for hydroxylation is 2. The van der Waals surface area contributed by atoms with Crippen molar-refractivity contribution >= 4 is 41.4 Å². The maximum atomic E-state index is 14.7. The van der Waals surface area contributed by atoms with Gasteiger partial charge in [0.25, 0.3) is 0 Å². The van der Waals surface area contributed by atoms with Gasteiger partial charge in [-0.25, -0.2) is 9.18 Å². The van der Waals surface area contributed by atoms with E-state index in [0.29, 0.717) is 49.8 Å². The second-order valence-electron chi connectivity index (χ2n) is 16.5. The van der Waals surface area contributed by atoms with Gasteiger partial charge in [0.1, 0.15) is 48.2 Å². The second kappa shape index (κ2) is 18.1. The van der Waals surface area contributed by atoms with E-state index in [0.717, 1.165) is 11.1 Å². The summed E-state index contributed by atoms with van der Waals surface area (Å²) in [6.07, 6.45) is 1.38. The highest BCUT2D eigenvalue weighted by Gasteiger charge is 2.47. The molecule has 4 saturated heterocycles. The number of nitrogens with one attached hydrogen (secondary N) is 3. The predicted octanol–water partition coefficient (Wildman–Crippen LogP) is 2.26. The van der Waals surface area contributed by atoms with Crippen molar-refractivity contribution in [3.8, 4) is 0 Å². The van der Waals surface area contributed by atoms with E-state index in [-0.39, 0.29) is 38.3 Å². The Morgan fingerprint density at radius 3 is 2.31 bits per heavy atom. The van der Waals surface area contributed by atoms with Crippen molar-refractivity contribution in [2.24, 2.45) is 5.92 Å². The van der Waals surface area contributed by atoms with Gasteiger partial charge < -0.3 is 35.4 Å². The minimum absolute atomic E-state index is 0.0368. The Bertz CT molecular complexity index is 1940. The van der Waals surface area contributed by atoms with Crippen molar-refractivity contribution in [2.75, 3.05) is 19.6 Å². The van der Waals surface area contributed by atoms with Crippen LogP contribution in [0.25, 0.3) is 0 Å². The fourth-order valence-electron chi connectivity index (χ4n) is 8.68. The van der Waals surface area contributed by atoms with Gasteiger partial charge in [0.05, 0.1) is 6.42 Å². The monoisotopic (exact) mass is 802 g/mol. The Balaban J connectivity index is 1.33. The van der Waals surface area contributed by atoms with Crippen molar-refractivity contribution < 1.29 is 42.7 Å². The number of carbonyl (C=O) groups excluding carboxylic acids is 7. The molecule has 3 N–H and O–H groups in total. The number of hydrogen-bond acceptors (Lipinski definition) is 8. The molecule has 0 bridgehead atoms. The molecule has 4 heterocycles. The number of carbonyl (C=O) groups is 7. The lowest BCUT2D eigenvalue weighted by molar-refractivity contribution is -0.163. The topological polar surface area (TPSA) is 175 Å². The zero-order valence-electron chi connectivity index (χ0n) is 33.9. The van der Waals surface area contributed by atoms with Gasteiger partial charge >= 0.3 is 5.97 Å². The fraction of sp³-hybridized carbons (Fsp3) is 0.558. The Morgan fingerprint density at radius 2 is 1.57 bits per heavy atom. The van der Waals surface area contributed by atoms with E-state index in [1.807, 2.05) is 38.1 Å². The van der Waals surface area contributed by atoms with Crippen molar-refractivity contribution in [3.05, 3.63) is 70.5 Å². The first kappa shape index (κ1) is 42.3. The summed E-state index contributed by atoms with van der Waals surface area (Å²) in [6.45, 7) is 9.16. The van der Waals surface area contributed by atoms with Crippen LogP contribution in [0.15, 0.2) is 42.5 Å². The molecule has 4 aliphatic heterocycles. The third-order valence-electron chi connectivity index (χ3n) is 11.8. The predicted molar refractivity (Wildman–Crippen MR) is 210 cm³/mol. The molecule has 58 heavy (non-hydrogen) atoms. The maximum Gasteiger partial charge on any atom is 0.329 e. The lowest BCUT2D eigenvalue weighted by Gasteiger charge is -2.39. The minimum Gasteiger partial charge on any atom is -0.458 e. The van der Waals surface area contributed by atoms with Crippen LogP contribution in [0.5, 0.6) is 0 Å². The van der Waals surface area contributed by atoms with Gasteiger partial charge in [0.2, 0.25) is 35.4 Å². The molecule has 2 aromatic rings. The van der Waals surface area contributed by atoms with Crippen molar-refractivity contribution in [2.45, 2.75) is 128 Å². The van der Waals surface area contributed by atoms with Crippen LogP contribution in [0.3, 0.4) is 0 Å². The summed E-state index contributed by atoms with van der Waals surface area (Å²) in [5.41, 5.74) is 2.48. The molecule has 4 aliphatic rings. The number of fused-ring (bicyclic) bond motifs is 3. The third kappa shape index (κ3) is 9.50. The van der Waals surface area contributed by atoms with Crippen LogP contribution in [0.1, 0.15) is 81.5 Å². The quantitative estimate of drug-likeness (QED) is 0.358. The van der Waals surface area contributed by atoms with E-state index in [9.17, 15) is 38.0 Å². The van der Waals surface area contributed by atoms with Crippen LogP contribution in [0.2, 0.25) is 0 Å². The Morgan fingerprint density at radius 1 is 0.845 bits per heavy atom. The molecule has 2 aromatic carbocycles. The highest BCUT2D eigenvalue weighted by atomic mass is 19.1. The van der Waals surface area contributed by atoms with Gasteiger partial charge in [-0.15, -0.1) is 0 Å². The van der Waals surface area contributed by atoms with E-state index < -0.39 is 89.6 Å². The maximum absolute atomic E-state index is 14.7. The Kier molecular flexibility index (Phi) is 13.2. The number of cyclic esters (lactones) is 1. The lowest BCUT2D eigenvalue weighted by atomic mass is 9.99. The third-order valence-corrected chi connectivity index (χ3v) is 11.8. The number of esters is 1. The number of amides is 6. The number of halogens is 1. The highest BCUT2D eigenvalue weighted by Crippen LogP contribution is 2.29. The van der Waals surface area contributed by atoms with Crippen molar-refractivity contribution in [3.63, 3.8) is 0 Å². The molecule has 0 radical (unpaired) electrons. The van der Waals surface area contributed by atoms with Gasteiger partial charge in [-0.1, -0.05) is 48.9 Å². The first-order valence-electron chi connectivity index (χ1n) is 20.4. The summed E-state index contributed by atoms with van der Waals surface area (Å²) in [5, 5.41) is 8.35. The zero-order chi connectivity index (χ0) is 41.8. The van der Waals surface area contributed by atoms with Gasteiger partial charge in [-0.3, -0.25) is 28.8 Å². The first-order valence-corrected chi connectivity index (χ1v) is 20.4. The van der Waals surface area contributed by atoms with Crippen LogP contribution in [0, 0.1) is 25.6 Å². The van der Waals surface area contributed by atoms with Gasteiger partial charge in [-0.05, 0) is 94.9 Å². The van der Waals surface area contributed by atoms with Crippen molar-refractivity contribution in [1.82, 2.24) is 30.7 Å². The summed E-state index contributed by atoms with van der Waals surface area (Å²) in [7, 11) is 0. The number of ether oxygens (including phenoxy) is 1. The largest absolute Gasteiger partial charge is 0.458 e. The van der Waals surface area contributed by atoms with E-state index in [1.165, 1.54) is 27.7 Å². The summed E-state index contributed by atoms with van der Waals surface area (Å²) in [6, 6.07) is 5.36. The zero-order valence-corrected chi connectivity index (χ0v) is 33.9. The van der Waals surface area contributed by atoms with E-state index in [1.54, 1.807) is 26.0 Å². The summed E-state index contributed by atoms with van der Waals surface area (Å²) < 4.78 is 20.3. The van der Waals surface area contributed by atoms with E-state index in [2.05, 4.69) is 16.0 Å². The van der Waals surface area contributed by atoms with E-state index >= 15 is 0 Å². The molecule has 312 valence electrons.